The number of hydrogen-bond donors (Lipinski definition) is 1. The van der Waals surface area contributed by atoms with Gasteiger partial charge in [0.2, 0.25) is 0 Å². The lowest BCUT2D eigenvalue weighted by atomic mass is 9.57. The van der Waals surface area contributed by atoms with Crippen LogP contribution in [0.4, 0.5) is 0 Å². The van der Waals surface area contributed by atoms with E-state index in [0.717, 1.165) is 11.3 Å². The van der Waals surface area contributed by atoms with E-state index >= 15 is 0 Å². The third-order valence-corrected chi connectivity index (χ3v) is 6.69. The predicted octanol–water partition coefficient (Wildman–Crippen LogP) is 2.82. The molecule has 0 aromatic carbocycles. The molecule has 0 atom stereocenters. The van der Waals surface area contributed by atoms with E-state index in [0.29, 0.717) is 5.41 Å². The van der Waals surface area contributed by atoms with Crippen LogP contribution in [0.3, 0.4) is 0 Å². The lowest BCUT2D eigenvalue weighted by Gasteiger charge is -2.54. The molecule has 3 aliphatic rings. The number of nitrogens with one attached hydrogen (secondary N) is 1. The maximum atomic E-state index is 3.46. The first kappa shape index (κ1) is 16.7. The third kappa shape index (κ3) is 4.04. The second kappa shape index (κ2) is 6.78. The molecule has 2 heterocycles. The quantitative estimate of drug-likeness (QED) is 0.842. The van der Waals surface area contributed by atoms with Gasteiger partial charge in [-0.2, -0.15) is 0 Å². The van der Waals surface area contributed by atoms with Gasteiger partial charge < -0.3 is 15.1 Å². The molecule has 3 rings (SSSR count). The molecule has 22 heavy (non-hydrogen) atoms. The van der Waals surface area contributed by atoms with Gasteiger partial charge in [0.25, 0.3) is 0 Å². The van der Waals surface area contributed by atoms with Gasteiger partial charge in [-0.05, 0) is 61.9 Å². The fourth-order valence-corrected chi connectivity index (χ4v) is 4.86. The molecule has 2 saturated heterocycles. The van der Waals surface area contributed by atoms with E-state index in [9.17, 15) is 0 Å². The number of rotatable bonds is 5. The van der Waals surface area contributed by atoms with Crippen LogP contribution in [0.2, 0.25) is 0 Å². The highest BCUT2D eigenvalue weighted by molar-refractivity contribution is 4.98. The molecule has 3 heteroatoms. The number of piperazine rings is 1. The average molecular weight is 308 g/mol. The minimum atomic E-state index is 0.495. The molecular formula is C19H37N3. The molecule has 0 aromatic heterocycles. The van der Waals surface area contributed by atoms with Gasteiger partial charge >= 0.3 is 0 Å². The van der Waals surface area contributed by atoms with Crippen LogP contribution in [-0.4, -0.2) is 62.2 Å². The van der Waals surface area contributed by atoms with Crippen LogP contribution in [0.25, 0.3) is 0 Å². The van der Waals surface area contributed by atoms with Crippen LogP contribution in [0.5, 0.6) is 0 Å². The molecule has 0 unspecified atom stereocenters. The Bertz CT molecular complexity index is 344. The molecule has 1 aliphatic carbocycles. The van der Waals surface area contributed by atoms with Gasteiger partial charge in [-0.1, -0.05) is 20.8 Å². The van der Waals surface area contributed by atoms with E-state index < -0.39 is 0 Å². The lowest BCUT2D eigenvalue weighted by molar-refractivity contribution is -0.0331. The maximum absolute atomic E-state index is 3.46. The Morgan fingerprint density at radius 2 is 1.64 bits per heavy atom. The summed E-state index contributed by atoms with van der Waals surface area (Å²) in [5, 5.41) is 3.46. The summed E-state index contributed by atoms with van der Waals surface area (Å²) in [5.74, 6) is 0.997. The summed E-state index contributed by atoms with van der Waals surface area (Å²) in [6, 6.07) is 0. The first-order valence-electron chi connectivity index (χ1n) is 9.66. The van der Waals surface area contributed by atoms with E-state index in [4.69, 9.17) is 0 Å². The van der Waals surface area contributed by atoms with Crippen LogP contribution >= 0.6 is 0 Å². The molecule has 0 radical (unpaired) electrons. The Labute approximate surface area is 137 Å². The largest absolute Gasteiger partial charge is 0.314 e. The normalized spacial score (nSPS) is 28.0. The molecule has 3 nitrogen and oxygen atoms in total. The summed E-state index contributed by atoms with van der Waals surface area (Å²) in [4.78, 5) is 5.42. The average Bonchev–Trinajstić information content (AvgIpc) is 2.48. The van der Waals surface area contributed by atoms with E-state index in [-0.39, 0.29) is 0 Å². The number of nitrogens with zero attached hydrogens (tertiary/aromatic N) is 2. The zero-order chi connectivity index (χ0) is 15.6. The van der Waals surface area contributed by atoms with Gasteiger partial charge in [-0.15, -0.1) is 0 Å². The van der Waals surface area contributed by atoms with Crippen molar-refractivity contribution in [2.24, 2.45) is 16.7 Å². The van der Waals surface area contributed by atoms with E-state index in [1.165, 1.54) is 84.5 Å². The topological polar surface area (TPSA) is 18.5 Å². The zero-order valence-electron chi connectivity index (χ0n) is 15.2. The standard InChI is InChI=1S/C19H37N3/c1-4-18(2,3)16-22-9-5-19(6-10-22)13-17(14-19)15-21-11-7-20-8-12-21/h17,20H,4-16H2,1-3H3. The van der Waals surface area contributed by atoms with Gasteiger partial charge in [0.15, 0.2) is 0 Å². The first-order chi connectivity index (χ1) is 10.5. The van der Waals surface area contributed by atoms with Crippen molar-refractivity contribution in [2.75, 3.05) is 52.4 Å². The minimum Gasteiger partial charge on any atom is -0.314 e. The lowest BCUT2D eigenvalue weighted by Crippen LogP contribution is -2.52. The smallest absolute Gasteiger partial charge is 0.0107 e. The van der Waals surface area contributed by atoms with Crippen molar-refractivity contribution < 1.29 is 0 Å². The van der Waals surface area contributed by atoms with Gasteiger partial charge in [-0.3, -0.25) is 0 Å². The van der Waals surface area contributed by atoms with Crippen molar-refractivity contribution in [3.63, 3.8) is 0 Å². The van der Waals surface area contributed by atoms with Crippen LogP contribution < -0.4 is 5.32 Å². The maximum Gasteiger partial charge on any atom is 0.0107 e. The van der Waals surface area contributed by atoms with Crippen molar-refractivity contribution in [2.45, 2.75) is 52.9 Å². The second-order valence-corrected chi connectivity index (χ2v) is 9.12. The monoisotopic (exact) mass is 307 g/mol. The molecule has 0 amide bonds. The molecule has 0 bridgehead atoms. The fourth-order valence-electron chi connectivity index (χ4n) is 4.86. The van der Waals surface area contributed by atoms with Crippen LogP contribution in [0.1, 0.15) is 52.9 Å². The molecular weight excluding hydrogens is 270 g/mol. The van der Waals surface area contributed by atoms with E-state index in [1.54, 1.807) is 0 Å². The summed E-state index contributed by atoms with van der Waals surface area (Å²) in [6.45, 7) is 17.5. The number of likely N-dealkylation sites (tertiary alicyclic amines) is 1. The van der Waals surface area contributed by atoms with Gasteiger partial charge in [-0.25, -0.2) is 0 Å². The van der Waals surface area contributed by atoms with Gasteiger partial charge in [0, 0.05) is 39.3 Å². The van der Waals surface area contributed by atoms with Crippen molar-refractivity contribution in [3.8, 4) is 0 Å². The highest BCUT2D eigenvalue weighted by Crippen LogP contribution is 2.52. The summed E-state index contributed by atoms with van der Waals surface area (Å²) in [6.07, 6.45) is 7.25. The third-order valence-electron chi connectivity index (χ3n) is 6.69. The molecule has 128 valence electrons. The number of piperidine rings is 1. The van der Waals surface area contributed by atoms with Gasteiger partial charge in [0.05, 0.1) is 0 Å². The van der Waals surface area contributed by atoms with E-state index in [1.807, 2.05) is 0 Å². The summed E-state index contributed by atoms with van der Waals surface area (Å²) < 4.78 is 0. The second-order valence-electron chi connectivity index (χ2n) is 9.12. The Hall–Kier alpha value is -0.120. The Kier molecular flexibility index (Phi) is 5.16. The molecule has 0 aromatic rings. The van der Waals surface area contributed by atoms with Crippen molar-refractivity contribution in [1.82, 2.24) is 15.1 Å². The van der Waals surface area contributed by atoms with E-state index in [2.05, 4.69) is 35.9 Å². The van der Waals surface area contributed by atoms with Crippen LogP contribution in [0.15, 0.2) is 0 Å². The Balaban J connectivity index is 1.37. The molecule has 1 saturated carbocycles. The Morgan fingerprint density at radius 1 is 1.00 bits per heavy atom. The van der Waals surface area contributed by atoms with Crippen molar-refractivity contribution >= 4 is 0 Å². The molecule has 2 aliphatic heterocycles. The highest BCUT2D eigenvalue weighted by Gasteiger charge is 2.46. The fraction of sp³-hybridized carbons (Fsp3) is 1.00. The van der Waals surface area contributed by atoms with Gasteiger partial charge in [0.1, 0.15) is 0 Å². The van der Waals surface area contributed by atoms with Crippen LogP contribution in [-0.2, 0) is 0 Å². The Morgan fingerprint density at radius 3 is 2.23 bits per heavy atom. The number of hydrogen-bond acceptors (Lipinski definition) is 3. The minimum absolute atomic E-state index is 0.495. The predicted molar refractivity (Wildman–Crippen MR) is 94.2 cm³/mol. The summed E-state index contributed by atoms with van der Waals surface area (Å²) in [7, 11) is 0. The molecule has 1 N–H and O–H groups in total. The zero-order valence-corrected chi connectivity index (χ0v) is 15.2. The highest BCUT2D eigenvalue weighted by atomic mass is 15.2. The van der Waals surface area contributed by atoms with Crippen molar-refractivity contribution in [3.05, 3.63) is 0 Å². The molecule has 3 fully saturated rings. The summed E-state index contributed by atoms with van der Waals surface area (Å²) >= 11 is 0. The molecule has 1 spiro atoms. The summed E-state index contributed by atoms with van der Waals surface area (Å²) in [5.41, 5.74) is 1.24. The van der Waals surface area contributed by atoms with Crippen LogP contribution in [0, 0.1) is 16.7 Å². The first-order valence-corrected chi connectivity index (χ1v) is 9.66. The van der Waals surface area contributed by atoms with Crippen molar-refractivity contribution in [1.29, 1.82) is 0 Å². The SMILES string of the molecule is CCC(C)(C)CN1CCC2(CC1)CC(CN1CCNCC1)C2.